The van der Waals surface area contributed by atoms with Crippen LogP contribution < -0.4 is 19.5 Å². The Hall–Kier alpha value is -4.26. The maximum Gasteiger partial charge on any atom is 0.263 e. The molecule has 0 aliphatic heterocycles. The third-order valence-corrected chi connectivity index (χ3v) is 5.41. The predicted molar refractivity (Wildman–Crippen MR) is 125 cm³/mol. The van der Waals surface area contributed by atoms with Gasteiger partial charge in [-0.05, 0) is 55.5 Å². The van der Waals surface area contributed by atoms with Gasteiger partial charge in [-0.1, -0.05) is 6.07 Å². The van der Waals surface area contributed by atoms with Crippen molar-refractivity contribution in [1.29, 1.82) is 0 Å². The summed E-state index contributed by atoms with van der Waals surface area (Å²) in [6.45, 7) is 1.83. The van der Waals surface area contributed by atoms with E-state index in [1.807, 2.05) is 13.0 Å². The molecule has 1 N–H and O–H groups in total. The van der Waals surface area contributed by atoms with Crippen molar-refractivity contribution in [3.63, 3.8) is 0 Å². The smallest absolute Gasteiger partial charge is 0.263 e. The first kappa shape index (κ1) is 22.0. The van der Waals surface area contributed by atoms with E-state index in [2.05, 4.69) is 5.32 Å². The number of anilines is 1. The highest BCUT2D eigenvalue weighted by molar-refractivity contribution is 6.11. The number of benzene rings is 3. The van der Waals surface area contributed by atoms with Gasteiger partial charge in [0.15, 0.2) is 5.76 Å². The van der Waals surface area contributed by atoms with Crippen LogP contribution in [-0.4, -0.2) is 33.0 Å². The van der Waals surface area contributed by atoms with Crippen molar-refractivity contribution < 1.29 is 28.2 Å². The summed E-state index contributed by atoms with van der Waals surface area (Å²) in [5.74, 6) is 1.10. The van der Waals surface area contributed by atoms with Gasteiger partial charge in [0, 0.05) is 28.3 Å². The zero-order valence-corrected chi connectivity index (χ0v) is 18.7. The van der Waals surface area contributed by atoms with Crippen LogP contribution in [0.1, 0.15) is 32.0 Å². The minimum absolute atomic E-state index is 0.226. The Bertz CT molecular complexity index is 1310. The normalized spacial score (nSPS) is 10.7. The largest absolute Gasteiger partial charge is 0.497 e. The number of rotatable bonds is 7. The Morgan fingerprint density at radius 2 is 1.52 bits per heavy atom. The molecule has 0 unspecified atom stereocenters. The van der Waals surface area contributed by atoms with Crippen molar-refractivity contribution >= 4 is 28.3 Å². The average molecular weight is 445 g/mol. The summed E-state index contributed by atoms with van der Waals surface area (Å²) in [7, 11) is 4.55. The second-order valence-electron chi connectivity index (χ2n) is 7.32. The standard InChI is InChI=1S/C26H23NO6/c1-15-19-13-10-17(27-26(29)23-20(31-3)6-5-7-21(23)32-4)14-22(19)33-25(15)24(28)16-8-11-18(30-2)12-9-16/h5-14H,1-4H3,(H,27,29). The van der Waals surface area contributed by atoms with Gasteiger partial charge in [-0.3, -0.25) is 9.59 Å². The molecule has 1 amide bonds. The van der Waals surface area contributed by atoms with Gasteiger partial charge >= 0.3 is 0 Å². The monoisotopic (exact) mass is 445 g/mol. The summed E-state index contributed by atoms with van der Waals surface area (Å²) in [6, 6.07) is 17.2. The molecule has 0 aliphatic rings. The molecule has 0 fully saturated rings. The number of hydrogen-bond acceptors (Lipinski definition) is 6. The molecule has 7 heteroatoms. The molecular weight excluding hydrogens is 422 g/mol. The molecule has 1 aromatic heterocycles. The molecule has 4 aromatic rings. The molecular formula is C26H23NO6. The predicted octanol–water partition coefficient (Wildman–Crippen LogP) is 5.25. The molecule has 33 heavy (non-hydrogen) atoms. The van der Waals surface area contributed by atoms with Crippen LogP contribution in [0.2, 0.25) is 0 Å². The van der Waals surface area contributed by atoms with E-state index in [1.165, 1.54) is 14.2 Å². The van der Waals surface area contributed by atoms with Crippen molar-refractivity contribution in [2.24, 2.45) is 0 Å². The summed E-state index contributed by atoms with van der Waals surface area (Å²) in [5, 5.41) is 3.64. The summed E-state index contributed by atoms with van der Waals surface area (Å²) < 4.78 is 21.7. The first-order valence-corrected chi connectivity index (χ1v) is 10.2. The van der Waals surface area contributed by atoms with Crippen LogP contribution in [0, 0.1) is 6.92 Å². The number of carbonyl (C=O) groups excluding carboxylic acids is 2. The Morgan fingerprint density at radius 1 is 0.848 bits per heavy atom. The number of fused-ring (bicyclic) bond motifs is 1. The van der Waals surface area contributed by atoms with Crippen LogP contribution in [0.3, 0.4) is 0 Å². The lowest BCUT2D eigenvalue weighted by Gasteiger charge is -2.13. The Balaban J connectivity index is 1.64. The van der Waals surface area contributed by atoms with Crippen LogP contribution in [0.15, 0.2) is 65.1 Å². The average Bonchev–Trinajstić information content (AvgIpc) is 3.18. The molecule has 168 valence electrons. The number of ketones is 1. The number of aryl methyl sites for hydroxylation is 1. The van der Waals surface area contributed by atoms with Gasteiger partial charge < -0.3 is 23.9 Å². The van der Waals surface area contributed by atoms with E-state index in [0.29, 0.717) is 34.1 Å². The van der Waals surface area contributed by atoms with Gasteiger partial charge in [0.2, 0.25) is 5.78 Å². The second-order valence-corrected chi connectivity index (χ2v) is 7.32. The van der Waals surface area contributed by atoms with Gasteiger partial charge in [0.1, 0.15) is 28.4 Å². The fraction of sp³-hybridized carbons (Fsp3) is 0.154. The van der Waals surface area contributed by atoms with Crippen molar-refractivity contribution in [1.82, 2.24) is 0 Å². The zero-order chi connectivity index (χ0) is 23.5. The third-order valence-electron chi connectivity index (χ3n) is 5.41. The quantitative estimate of drug-likeness (QED) is 0.391. The molecule has 7 nitrogen and oxygen atoms in total. The first-order valence-electron chi connectivity index (χ1n) is 10.2. The number of methoxy groups -OCH3 is 3. The highest BCUT2D eigenvalue weighted by Crippen LogP contribution is 2.32. The van der Waals surface area contributed by atoms with E-state index in [1.54, 1.807) is 61.7 Å². The van der Waals surface area contributed by atoms with Crippen LogP contribution in [0.25, 0.3) is 11.0 Å². The van der Waals surface area contributed by atoms with E-state index in [0.717, 1.165) is 10.9 Å². The molecule has 0 saturated heterocycles. The Labute approximate surface area is 190 Å². The number of carbonyl (C=O) groups is 2. The fourth-order valence-corrected chi connectivity index (χ4v) is 3.66. The Morgan fingerprint density at radius 3 is 2.12 bits per heavy atom. The molecule has 0 spiro atoms. The van der Waals surface area contributed by atoms with Gasteiger partial charge in [0.25, 0.3) is 5.91 Å². The highest BCUT2D eigenvalue weighted by atomic mass is 16.5. The molecule has 0 aliphatic carbocycles. The van der Waals surface area contributed by atoms with E-state index < -0.39 is 0 Å². The highest BCUT2D eigenvalue weighted by Gasteiger charge is 2.21. The van der Waals surface area contributed by atoms with Crippen LogP contribution >= 0.6 is 0 Å². The van der Waals surface area contributed by atoms with Crippen molar-refractivity contribution in [2.45, 2.75) is 6.92 Å². The molecule has 0 bridgehead atoms. The van der Waals surface area contributed by atoms with Gasteiger partial charge in [-0.15, -0.1) is 0 Å². The molecule has 3 aromatic carbocycles. The molecule has 0 atom stereocenters. The van der Waals surface area contributed by atoms with Crippen molar-refractivity contribution in [2.75, 3.05) is 26.6 Å². The van der Waals surface area contributed by atoms with E-state index in [4.69, 9.17) is 18.6 Å². The summed E-state index contributed by atoms with van der Waals surface area (Å²) in [6.07, 6.45) is 0. The number of hydrogen-bond donors (Lipinski definition) is 1. The third kappa shape index (κ3) is 4.13. The summed E-state index contributed by atoms with van der Waals surface area (Å²) in [5.41, 5.74) is 2.52. The lowest BCUT2D eigenvalue weighted by atomic mass is 10.0. The molecule has 0 saturated carbocycles. The van der Waals surface area contributed by atoms with Gasteiger partial charge in [0.05, 0.1) is 21.3 Å². The fourth-order valence-electron chi connectivity index (χ4n) is 3.66. The van der Waals surface area contributed by atoms with Crippen LogP contribution in [0.5, 0.6) is 17.2 Å². The molecule has 0 radical (unpaired) electrons. The summed E-state index contributed by atoms with van der Waals surface area (Å²) in [4.78, 5) is 26.0. The minimum atomic E-state index is -0.388. The van der Waals surface area contributed by atoms with Crippen molar-refractivity contribution in [3.05, 3.63) is 83.1 Å². The lowest BCUT2D eigenvalue weighted by molar-refractivity contribution is 0.100. The zero-order valence-electron chi connectivity index (χ0n) is 18.7. The minimum Gasteiger partial charge on any atom is -0.497 e. The molecule has 1 heterocycles. The number of furan rings is 1. The van der Waals surface area contributed by atoms with E-state index in [9.17, 15) is 9.59 Å². The maximum absolute atomic E-state index is 13.0. The number of ether oxygens (including phenoxy) is 3. The van der Waals surface area contributed by atoms with Gasteiger partial charge in [-0.2, -0.15) is 0 Å². The number of nitrogens with one attached hydrogen (secondary N) is 1. The van der Waals surface area contributed by atoms with Crippen LogP contribution in [-0.2, 0) is 0 Å². The van der Waals surface area contributed by atoms with E-state index >= 15 is 0 Å². The van der Waals surface area contributed by atoms with Gasteiger partial charge in [-0.25, -0.2) is 0 Å². The lowest BCUT2D eigenvalue weighted by Crippen LogP contribution is -2.14. The Kier molecular flexibility index (Phi) is 6.04. The van der Waals surface area contributed by atoms with Crippen molar-refractivity contribution in [3.8, 4) is 17.2 Å². The topological polar surface area (TPSA) is 87.0 Å². The van der Waals surface area contributed by atoms with Crippen LogP contribution in [0.4, 0.5) is 5.69 Å². The second kappa shape index (κ2) is 9.08. The van der Waals surface area contributed by atoms with E-state index in [-0.39, 0.29) is 23.0 Å². The molecule has 4 rings (SSSR count). The first-order chi connectivity index (χ1) is 16.0. The maximum atomic E-state index is 13.0. The SMILES string of the molecule is COc1ccc(C(=O)c2oc3cc(NC(=O)c4c(OC)cccc4OC)ccc3c2C)cc1. The summed E-state index contributed by atoms with van der Waals surface area (Å²) >= 11 is 0. The number of amides is 1.